The molecular formula is C25H29FN2O5S. The van der Waals surface area contributed by atoms with Gasteiger partial charge in [-0.25, -0.2) is 12.8 Å². The van der Waals surface area contributed by atoms with Crippen LogP contribution in [-0.4, -0.2) is 67.5 Å². The zero-order chi connectivity index (χ0) is 25.0. The number of hydrogen-bond acceptors (Lipinski definition) is 5. The van der Waals surface area contributed by atoms with Gasteiger partial charge in [0.05, 0.1) is 13.2 Å². The van der Waals surface area contributed by atoms with Crippen LogP contribution in [0.5, 0.6) is 5.75 Å². The highest BCUT2D eigenvalue weighted by atomic mass is 32.2. The lowest BCUT2D eigenvalue weighted by Gasteiger charge is -2.37. The van der Waals surface area contributed by atoms with E-state index in [1.807, 2.05) is 6.92 Å². The molecule has 0 aromatic heterocycles. The van der Waals surface area contributed by atoms with E-state index in [0.29, 0.717) is 11.1 Å². The molecule has 0 fully saturated rings. The molecule has 0 radical (unpaired) electrons. The second-order valence-corrected chi connectivity index (χ2v) is 10.4. The minimum Gasteiger partial charge on any atom is -0.487 e. The molecule has 1 heterocycles. The van der Waals surface area contributed by atoms with Crippen LogP contribution in [0, 0.1) is 23.6 Å². The summed E-state index contributed by atoms with van der Waals surface area (Å²) in [7, 11) is -2.32. The summed E-state index contributed by atoms with van der Waals surface area (Å²) in [6, 6.07) is 9.77. The molecule has 9 heteroatoms. The van der Waals surface area contributed by atoms with Gasteiger partial charge in [-0.3, -0.25) is 4.79 Å². The quantitative estimate of drug-likeness (QED) is 0.669. The van der Waals surface area contributed by atoms with Gasteiger partial charge in [0.15, 0.2) is 0 Å². The Labute approximate surface area is 200 Å². The van der Waals surface area contributed by atoms with E-state index in [-0.39, 0.29) is 42.2 Å². The van der Waals surface area contributed by atoms with Gasteiger partial charge < -0.3 is 14.7 Å². The van der Waals surface area contributed by atoms with Gasteiger partial charge in [0.25, 0.3) is 0 Å². The third-order valence-electron chi connectivity index (χ3n) is 5.83. The van der Waals surface area contributed by atoms with E-state index in [1.165, 1.54) is 34.3 Å². The maximum atomic E-state index is 13.5. The lowest BCUT2D eigenvalue weighted by molar-refractivity contribution is -0.129. The van der Waals surface area contributed by atoms with Gasteiger partial charge in [0.1, 0.15) is 22.6 Å². The fourth-order valence-corrected chi connectivity index (χ4v) is 5.46. The van der Waals surface area contributed by atoms with Crippen molar-refractivity contribution in [1.29, 1.82) is 0 Å². The van der Waals surface area contributed by atoms with Gasteiger partial charge in [-0.15, -0.1) is 0 Å². The van der Waals surface area contributed by atoms with E-state index in [4.69, 9.17) is 4.74 Å². The van der Waals surface area contributed by atoms with Gasteiger partial charge in [0, 0.05) is 43.6 Å². The van der Waals surface area contributed by atoms with Crippen LogP contribution < -0.4 is 4.74 Å². The van der Waals surface area contributed by atoms with E-state index in [1.54, 1.807) is 38.2 Å². The monoisotopic (exact) mass is 488 g/mol. The number of halogens is 1. The molecule has 0 saturated heterocycles. The Hall–Kier alpha value is -2.93. The SMILES string of the molecule is CC(=O)N(C)C[C@@H]1Oc2cc(C#Cc3cccc(F)c3)ccc2S(=O)(=O)N([C@@H](C)CO)C[C@@H]1C. The van der Waals surface area contributed by atoms with Gasteiger partial charge in [0.2, 0.25) is 15.9 Å². The summed E-state index contributed by atoms with van der Waals surface area (Å²) >= 11 is 0. The number of ether oxygens (including phenoxy) is 1. The van der Waals surface area contributed by atoms with Crippen LogP contribution in [0.2, 0.25) is 0 Å². The number of hydrogen-bond donors (Lipinski definition) is 1. The summed E-state index contributed by atoms with van der Waals surface area (Å²) in [5, 5.41) is 9.71. The molecule has 0 bridgehead atoms. The largest absolute Gasteiger partial charge is 0.487 e. The normalized spacial score (nSPS) is 20.5. The molecule has 1 N–H and O–H groups in total. The number of rotatable bonds is 4. The number of carbonyl (C=O) groups excluding carboxylic acids is 1. The fraction of sp³-hybridized carbons (Fsp3) is 0.400. The number of fused-ring (bicyclic) bond motifs is 1. The Morgan fingerprint density at radius 2 is 1.94 bits per heavy atom. The molecule has 34 heavy (non-hydrogen) atoms. The third-order valence-corrected chi connectivity index (χ3v) is 7.85. The first-order valence-electron chi connectivity index (χ1n) is 11.0. The minimum atomic E-state index is -3.97. The van der Waals surface area contributed by atoms with Crippen molar-refractivity contribution < 1.29 is 27.4 Å². The first-order chi connectivity index (χ1) is 16.0. The molecule has 0 aliphatic carbocycles. The minimum absolute atomic E-state index is 0.0357. The number of sulfonamides is 1. The summed E-state index contributed by atoms with van der Waals surface area (Å²) in [6.45, 7) is 4.99. The van der Waals surface area contributed by atoms with Crippen molar-refractivity contribution >= 4 is 15.9 Å². The highest BCUT2D eigenvalue weighted by molar-refractivity contribution is 7.89. The first kappa shape index (κ1) is 25.7. The average molecular weight is 489 g/mol. The topological polar surface area (TPSA) is 87.2 Å². The Morgan fingerprint density at radius 3 is 2.56 bits per heavy atom. The van der Waals surface area contributed by atoms with Crippen molar-refractivity contribution in [3.05, 3.63) is 59.4 Å². The van der Waals surface area contributed by atoms with E-state index in [0.717, 1.165) is 0 Å². The summed E-state index contributed by atoms with van der Waals surface area (Å²) in [5.41, 5.74) is 0.977. The smallest absolute Gasteiger partial charge is 0.247 e. The standard InChI is InChI=1S/C25H29FN2O5S/c1-17-14-28(18(2)16-29)34(31,32)25-11-10-21(9-8-20-6-5-7-22(26)12-20)13-23(25)33-24(17)15-27(4)19(3)30/h5-7,10-13,17-18,24,29H,14-16H2,1-4H3/t17-,18-,24-/m0/s1. The molecule has 3 rings (SSSR count). The van der Waals surface area contributed by atoms with Gasteiger partial charge in [-0.05, 0) is 43.3 Å². The Morgan fingerprint density at radius 1 is 1.26 bits per heavy atom. The number of likely N-dealkylation sites (N-methyl/N-ethyl adjacent to an activating group) is 1. The average Bonchev–Trinajstić information content (AvgIpc) is 2.79. The molecule has 3 atom stereocenters. The maximum Gasteiger partial charge on any atom is 0.247 e. The van der Waals surface area contributed by atoms with Crippen LogP contribution in [0.25, 0.3) is 0 Å². The molecule has 2 aromatic rings. The Bertz CT molecular complexity index is 1220. The number of nitrogens with zero attached hydrogens (tertiary/aromatic N) is 2. The molecule has 2 aromatic carbocycles. The Balaban J connectivity index is 2.08. The van der Waals surface area contributed by atoms with Crippen molar-refractivity contribution in [3.8, 4) is 17.6 Å². The second kappa shape index (κ2) is 10.6. The first-order valence-corrected chi connectivity index (χ1v) is 12.4. The predicted octanol–water partition coefficient (Wildman–Crippen LogP) is 2.47. The second-order valence-electron chi connectivity index (χ2n) is 8.56. The van der Waals surface area contributed by atoms with Crippen LogP contribution in [0.15, 0.2) is 47.4 Å². The molecule has 182 valence electrons. The van der Waals surface area contributed by atoms with Crippen molar-refractivity contribution in [2.24, 2.45) is 5.92 Å². The molecule has 1 aliphatic rings. The van der Waals surface area contributed by atoms with Crippen LogP contribution in [0.3, 0.4) is 0 Å². The molecule has 7 nitrogen and oxygen atoms in total. The highest BCUT2D eigenvalue weighted by Crippen LogP contribution is 2.34. The van der Waals surface area contributed by atoms with Crippen molar-refractivity contribution in [2.75, 3.05) is 26.7 Å². The zero-order valence-corrected chi connectivity index (χ0v) is 20.5. The fourth-order valence-electron chi connectivity index (χ4n) is 3.63. The van der Waals surface area contributed by atoms with E-state index in [2.05, 4.69) is 11.8 Å². The molecular weight excluding hydrogens is 459 g/mol. The molecule has 1 aliphatic heterocycles. The summed E-state index contributed by atoms with van der Waals surface area (Å²) in [4.78, 5) is 13.3. The lowest BCUT2D eigenvalue weighted by Crippen LogP contribution is -2.50. The molecule has 0 unspecified atom stereocenters. The predicted molar refractivity (Wildman–Crippen MR) is 126 cm³/mol. The van der Waals surface area contributed by atoms with Gasteiger partial charge in [-0.2, -0.15) is 4.31 Å². The van der Waals surface area contributed by atoms with E-state index in [9.17, 15) is 22.7 Å². The van der Waals surface area contributed by atoms with Crippen LogP contribution in [0.1, 0.15) is 31.9 Å². The number of aliphatic hydroxyl groups is 1. The number of benzene rings is 2. The van der Waals surface area contributed by atoms with Gasteiger partial charge >= 0.3 is 0 Å². The van der Waals surface area contributed by atoms with E-state index >= 15 is 0 Å². The lowest BCUT2D eigenvalue weighted by atomic mass is 10.0. The third kappa shape index (κ3) is 5.76. The maximum absolute atomic E-state index is 13.5. The molecule has 0 saturated carbocycles. The van der Waals surface area contributed by atoms with E-state index < -0.39 is 28.0 Å². The number of aliphatic hydroxyl groups excluding tert-OH is 1. The summed E-state index contributed by atoms with van der Waals surface area (Å²) in [5.74, 6) is 5.10. The molecule has 1 amide bonds. The van der Waals surface area contributed by atoms with Crippen LogP contribution >= 0.6 is 0 Å². The number of carbonyl (C=O) groups is 1. The highest BCUT2D eigenvalue weighted by Gasteiger charge is 2.38. The summed E-state index contributed by atoms with van der Waals surface area (Å²) in [6.07, 6.45) is -0.497. The zero-order valence-electron chi connectivity index (χ0n) is 19.7. The van der Waals surface area contributed by atoms with Crippen molar-refractivity contribution in [3.63, 3.8) is 0 Å². The number of amides is 1. The van der Waals surface area contributed by atoms with Gasteiger partial charge in [-0.1, -0.05) is 24.8 Å². The Kier molecular flexibility index (Phi) is 7.97. The van der Waals surface area contributed by atoms with Crippen molar-refractivity contribution in [2.45, 2.75) is 37.8 Å². The summed E-state index contributed by atoms with van der Waals surface area (Å²) < 4.78 is 47.9. The van der Waals surface area contributed by atoms with Crippen LogP contribution in [0.4, 0.5) is 4.39 Å². The molecule has 0 spiro atoms. The van der Waals surface area contributed by atoms with Crippen LogP contribution in [-0.2, 0) is 14.8 Å². The van der Waals surface area contributed by atoms with Crippen molar-refractivity contribution in [1.82, 2.24) is 9.21 Å².